The molecule has 4 atom stereocenters. The molecule has 3 aliphatic carbocycles. The first-order valence-electron chi connectivity index (χ1n) is 10.1. The molecule has 0 heterocycles. The maximum absolute atomic E-state index is 13.9. The van der Waals surface area contributed by atoms with Gasteiger partial charge in [-0.1, -0.05) is 19.8 Å². The molecule has 0 aliphatic heterocycles. The summed E-state index contributed by atoms with van der Waals surface area (Å²) in [6.45, 7) is 2.33. The molecule has 4 unspecified atom stereocenters. The summed E-state index contributed by atoms with van der Waals surface area (Å²) in [6, 6.07) is 0. The fourth-order valence-corrected chi connectivity index (χ4v) is 5.02. The zero-order valence-electron chi connectivity index (χ0n) is 15.2. The number of alkyl halides is 2. The summed E-state index contributed by atoms with van der Waals surface area (Å²) in [5.41, 5.74) is 0. The van der Waals surface area contributed by atoms with Crippen molar-refractivity contribution in [2.75, 3.05) is 0 Å². The van der Waals surface area contributed by atoms with Gasteiger partial charge in [0.2, 0.25) is 0 Å². The van der Waals surface area contributed by atoms with Crippen LogP contribution in [0.1, 0.15) is 71.1 Å². The van der Waals surface area contributed by atoms with E-state index < -0.39 is 24.6 Å². The maximum atomic E-state index is 13.9. The highest BCUT2D eigenvalue weighted by Gasteiger charge is 2.42. The van der Waals surface area contributed by atoms with E-state index in [-0.39, 0.29) is 24.7 Å². The summed E-state index contributed by atoms with van der Waals surface area (Å²) >= 11 is 0. The van der Waals surface area contributed by atoms with Gasteiger partial charge in [-0.05, 0) is 69.1 Å². The van der Waals surface area contributed by atoms with Gasteiger partial charge in [-0.15, -0.1) is 0 Å². The molecule has 0 bridgehead atoms. The lowest BCUT2D eigenvalue weighted by Crippen LogP contribution is -2.46. The van der Waals surface area contributed by atoms with Crippen molar-refractivity contribution < 1.29 is 23.4 Å². The Balaban J connectivity index is 1.44. The lowest BCUT2D eigenvalue weighted by molar-refractivity contribution is -0.167. The van der Waals surface area contributed by atoms with Gasteiger partial charge in [-0.3, -0.25) is 4.79 Å². The molecule has 0 amide bonds. The Morgan fingerprint density at radius 2 is 1.40 bits per heavy atom. The zero-order chi connectivity index (χ0) is 18.0. The fourth-order valence-electron chi connectivity index (χ4n) is 5.02. The monoisotopic (exact) mass is 358 g/mol. The average Bonchev–Trinajstić information content (AvgIpc) is 2.63. The Morgan fingerprint density at radius 1 is 0.840 bits per heavy atom. The highest BCUT2D eigenvalue weighted by Crippen LogP contribution is 2.41. The maximum Gasteiger partial charge on any atom is 0.309 e. The predicted octanol–water partition coefficient (Wildman–Crippen LogP) is 4.36. The number of carbonyl (C=O) groups is 1. The zero-order valence-corrected chi connectivity index (χ0v) is 15.2. The van der Waals surface area contributed by atoms with Crippen LogP contribution in [-0.2, 0) is 9.53 Å². The van der Waals surface area contributed by atoms with E-state index >= 15 is 0 Å². The average molecular weight is 358 g/mol. The first kappa shape index (κ1) is 19.1. The number of rotatable bonds is 3. The molecule has 0 spiro atoms. The van der Waals surface area contributed by atoms with Crippen molar-refractivity contribution in [3.63, 3.8) is 0 Å². The molecule has 0 radical (unpaired) electrons. The van der Waals surface area contributed by atoms with E-state index in [0.29, 0.717) is 5.92 Å². The predicted molar refractivity (Wildman–Crippen MR) is 91.5 cm³/mol. The molecular formula is C20H32F2O3. The molecule has 25 heavy (non-hydrogen) atoms. The van der Waals surface area contributed by atoms with E-state index in [2.05, 4.69) is 6.92 Å². The van der Waals surface area contributed by atoms with Gasteiger partial charge in [0.15, 0.2) is 12.3 Å². The van der Waals surface area contributed by atoms with Gasteiger partial charge >= 0.3 is 5.97 Å². The lowest BCUT2D eigenvalue weighted by Gasteiger charge is -2.37. The summed E-state index contributed by atoms with van der Waals surface area (Å²) < 4.78 is 32.8. The van der Waals surface area contributed by atoms with E-state index in [4.69, 9.17) is 4.74 Å². The molecule has 5 heteroatoms. The molecular weight excluding hydrogens is 326 g/mol. The number of aliphatic hydroxyl groups excluding tert-OH is 1. The normalized spacial score (nSPS) is 45.8. The van der Waals surface area contributed by atoms with E-state index in [1.807, 2.05) is 0 Å². The van der Waals surface area contributed by atoms with Crippen molar-refractivity contribution >= 4 is 5.97 Å². The molecule has 3 nitrogen and oxygen atoms in total. The molecule has 0 aromatic heterocycles. The van der Waals surface area contributed by atoms with Gasteiger partial charge in [-0.2, -0.15) is 0 Å². The van der Waals surface area contributed by atoms with Crippen molar-refractivity contribution in [2.24, 2.45) is 23.7 Å². The van der Waals surface area contributed by atoms with Gasteiger partial charge in [0.1, 0.15) is 6.10 Å². The fraction of sp³-hybridized carbons (Fsp3) is 0.950. The molecule has 3 aliphatic rings. The van der Waals surface area contributed by atoms with Crippen LogP contribution in [0.25, 0.3) is 0 Å². The van der Waals surface area contributed by atoms with Gasteiger partial charge in [0.05, 0.1) is 12.0 Å². The van der Waals surface area contributed by atoms with Crippen LogP contribution in [0.3, 0.4) is 0 Å². The third-order valence-corrected chi connectivity index (χ3v) is 6.87. The molecule has 3 rings (SSSR count). The molecule has 3 saturated carbocycles. The summed E-state index contributed by atoms with van der Waals surface area (Å²) in [6.07, 6.45) is 3.15. The smallest absolute Gasteiger partial charge is 0.309 e. The number of esters is 1. The van der Waals surface area contributed by atoms with Crippen molar-refractivity contribution in [3.05, 3.63) is 0 Å². The van der Waals surface area contributed by atoms with Crippen LogP contribution < -0.4 is 0 Å². The Bertz CT molecular complexity index is 442. The lowest BCUT2D eigenvalue weighted by atomic mass is 9.69. The first-order chi connectivity index (χ1) is 12.0. The topological polar surface area (TPSA) is 46.5 Å². The number of hydrogen-bond acceptors (Lipinski definition) is 3. The van der Waals surface area contributed by atoms with E-state index in [1.54, 1.807) is 0 Å². The highest BCUT2D eigenvalue weighted by atomic mass is 19.2. The van der Waals surface area contributed by atoms with Gasteiger partial charge in [-0.25, -0.2) is 8.78 Å². The second-order valence-electron chi connectivity index (χ2n) is 8.64. The van der Waals surface area contributed by atoms with Crippen molar-refractivity contribution in [1.29, 1.82) is 0 Å². The minimum atomic E-state index is -1.95. The SMILES string of the molecule is CC1CCC(C2CCC(C(=O)OC3CCC(O)C(F)C3F)CC2)CC1. The third-order valence-electron chi connectivity index (χ3n) is 6.87. The van der Waals surface area contributed by atoms with Crippen LogP contribution in [0.2, 0.25) is 0 Å². The number of hydrogen-bond donors (Lipinski definition) is 1. The molecule has 144 valence electrons. The second-order valence-corrected chi connectivity index (χ2v) is 8.64. The van der Waals surface area contributed by atoms with Crippen LogP contribution in [0.4, 0.5) is 8.78 Å². The molecule has 1 N–H and O–H groups in total. The first-order valence-corrected chi connectivity index (χ1v) is 10.1. The summed E-state index contributed by atoms with van der Waals surface area (Å²) in [4.78, 5) is 12.4. The van der Waals surface area contributed by atoms with Gasteiger partial charge < -0.3 is 9.84 Å². The number of aliphatic hydroxyl groups is 1. The molecule has 0 aromatic carbocycles. The van der Waals surface area contributed by atoms with Crippen LogP contribution in [-0.4, -0.2) is 35.6 Å². The Kier molecular flexibility index (Phi) is 6.35. The molecule has 3 fully saturated rings. The van der Waals surface area contributed by atoms with E-state index in [1.165, 1.54) is 25.7 Å². The quantitative estimate of drug-likeness (QED) is 0.763. The Morgan fingerprint density at radius 3 is 2.00 bits per heavy atom. The van der Waals surface area contributed by atoms with Crippen LogP contribution >= 0.6 is 0 Å². The number of carbonyl (C=O) groups excluding carboxylic acids is 1. The number of ether oxygens (including phenoxy) is 1. The molecule has 0 aromatic rings. The Labute approximate surface area is 149 Å². The van der Waals surface area contributed by atoms with Crippen LogP contribution in [0.15, 0.2) is 0 Å². The second kappa shape index (κ2) is 8.32. The molecule has 0 saturated heterocycles. The van der Waals surface area contributed by atoms with Crippen LogP contribution in [0.5, 0.6) is 0 Å². The number of halogens is 2. The van der Waals surface area contributed by atoms with Crippen molar-refractivity contribution in [3.8, 4) is 0 Å². The standard InChI is InChI=1S/C20H32F2O3/c1-12-2-4-13(5-3-12)14-6-8-15(9-7-14)20(24)25-17-11-10-16(23)18(21)19(17)22/h12-19,23H,2-11H2,1H3. The summed E-state index contributed by atoms with van der Waals surface area (Å²) in [7, 11) is 0. The van der Waals surface area contributed by atoms with Gasteiger partial charge in [0, 0.05) is 0 Å². The van der Waals surface area contributed by atoms with Crippen molar-refractivity contribution in [2.45, 2.75) is 95.7 Å². The Hall–Kier alpha value is -0.710. The largest absolute Gasteiger partial charge is 0.459 e. The summed E-state index contributed by atoms with van der Waals surface area (Å²) in [5.74, 6) is 1.83. The van der Waals surface area contributed by atoms with Gasteiger partial charge in [0.25, 0.3) is 0 Å². The van der Waals surface area contributed by atoms with E-state index in [9.17, 15) is 18.7 Å². The third kappa shape index (κ3) is 4.53. The highest BCUT2D eigenvalue weighted by molar-refractivity contribution is 5.72. The van der Waals surface area contributed by atoms with Crippen LogP contribution in [0, 0.1) is 23.7 Å². The minimum Gasteiger partial charge on any atom is -0.459 e. The summed E-state index contributed by atoms with van der Waals surface area (Å²) in [5, 5.41) is 9.36. The minimum absolute atomic E-state index is 0.145. The van der Waals surface area contributed by atoms with Crippen molar-refractivity contribution in [1.82, 2.24) is 0 Å². The van der Waals surface area contributed by atoms with E-state index in [0.717, 1.165) is 37.5 Å².